The van der Waals surface area contributed by atoms with Crippen molar-refractivity contribution in [3.8, 4) is 33.9 Å². The van der Waals surface area contributed by atoms with Crippen molar-refractivity contribution >= 4 is 22.1 Å². The molecule has 0 aliphatic heterocycles. The summed E-state index contributed by atoms with van der Waals surface area (Å²) in [6, 6.07) is 10.1. The van der Waals surface area contributed by atoms with E-state index in [-0.39, 0.29) is 0 Å². The Morgan fingerprint density at radius 1 is 1.07 bits per heavy atom. The van der Waals surface area contributed by atoms with E-state index >= 15 is 0 Å². The van der Waals surface area contributed by atoms with Crippen LogP contribution in [0.25, 0.3) is 56.0 Å². The molecule has 0 aliphatic rings. The SMILES string of the molecule is Cc1ncc(-c2ccc3[nH]nc(-c4nc5c(-c6ccoc6)ccnc5[nH]4)c3c2)n1C. The summed E-state index contributed by atoms with van der Waals surface area (Å²) < 4.78 is 7.31. The zero-order chi connectivity index (χ0) is 20.2. The molecule has 0 aliphatic carbocycles. The van der Waals surface area contributed by atoms with Gasteiger partial charge in [0.15, 0.2) is 11.5 Å². The van der Waals surface area contributed by atoms with Gasteiger partial charge in [-0.15, -0.1) is 0 Å². The van der Waals surface area contributed by atoms with Crippen LogP contribution in [0.2, 0.25) is 0 Å². The van der Waals surface area contributed by atoms with Gasteiger partial charge in [0, 0.05) is 35.3 Å². The number of aryl methyl sites for hydroxylation is 1. The van der Waals surface area contributed by atoms with E-state index in [1.165, 1.54) is 0 Å². The maximum absolute atomic E-state index is 5.24. The van der Waals surface area contributed by atoms with Gasteiger partial charge in [0.1, 0.15) is 17.0 Å². The zero-order valence-electron chi connectivity index (χ0n) is 16.3. The molecule has 6 aromatic rings. The van der Waals surface area contributed by atoms with Crippen molar-refractivity contribution in [2.75, 3.05) is 0 Å². The van der Waals surface area contributed by atoms with E-state index in [4.69, 9.17) is 9.40 Å². The molecule has 0 spiro atoms. The van der Waals surface area contributed by atoms with Gasteiger partial charge in [0.25, 0.3) is 0 Å². The Bertz CT molecular complexity index is 1520. The van der Waals surface area contributed by atoms with Crippen molar-refractivity contribution in [2.45, 2.75) is 6.92 Å². The summed E-state index contributed by atoms with van der Waals surface area (Å²) in [6.45, 7) is 1.99. The van der Waals surface area contributed by atoms with E-state index in [9.17, 15) is 0 Å². The molecule has 0 unspecified atom stereocenters. The van der Waals surface area contributed by atoms with Gasteiger partial charge in [0.05, 0.1) is 29.9 Å². The Morgan fingerprint density at radius 2 is 2.00 bits per heavy atom. The molecule has 1 aromatic carbocycles. The van der Waals surface area contributed by atoms with Crippen molar-refractivity contribution in [1.82, 2.24) is 34.7 Å². The molecule has 0 amide bonds. The molecule has 146 valence electrons. The quantitative estimate of drug-likeness (QED) is 0.460. The Hall–Kier alpha value is -4.20. The summed E-state index contributed by atoms with van der Waals surface area (Å²) in [6.07, 6.45) is 7.00. The van der Waals surface area contributed by atoms with Crippen LogP contribution in [0.15, 0.2) is 59.7 Å². The van der Waals surface area contributed by atoms with Crippen LogP contribution >= 0.6 is 0 Å². The Labute approximate surface area is 170 Å². The first-order valence-corrected chi connectivity index (χ1v) is 9.53. The van der Waals surface area contributed by atoms with E-state index in [0.29, 0.717) is 11.5 Å². The molecule has 5 heterocycles. The van der Waals surface area contributed by atoms with E-state index in [1.807, 2.05) is 38.4 Å². The number of fused-ring (bicyclic) bond motifs is 2. The third-order valence-corrected chi connectivity index (χ3v) is 5.52. The number of benzene rings is 1. The van der Waals surface area contributed by atoms with E-state index in [1.54, 1.807) is 18.7 Å². The number of pyridine rings is 1. The highest BCUT2D eigenvalue weighted by Crippen LogP contribution is 2.32. The predicted molar refractivity (Wildman–Crippen MR) is 114 cm³/mol. The number of nitrogens with zero attached hydrogens (tertiary/aromatic N) is 5. The number of aromatic amines is 2. The van der Waals surface area contributed by atoms with Crippen molar-refractivity contribution in [3.63, 3.8) is 0 Å². The average Bonchev–Trinajstić information content (AvgIpc) is 3.54. The Morgan fingerprint density at radius 3 is 2.80 bits per heavy atom. The molecule has 0 saturated heterocycles. The third-order valence-electron chi connectivity index (χ3n) is 5.52. The van der Waals surface area contributed by atoms with Crippen LogP contribution in [-0.2, 0) is 7.05 Å². The number of rotatable bonds is 3. The van der Waals surface area contributed by atoms with Gasteiger partial charge in [-0.3, -0.25) is 5.10 Å². The summed E-state index contributed by atoms with van der Waals surface area (Å²) in [4.78, 5) is 17.0. The normalized spacial score (nSPS) is 11.7. The maximum atomic E-state index is 5.24. The molecular formula is C22H17N7O. The molecule has 6 rings (SSSR count). The minimum absolute atomic E-state index is 0.665. The van der Waals surface area contributed by atoms with Gasteiger partial charge >= 0.3 is 0 Å². The Kier molecular flexibility index (Phi) is 3.43. The third kappa shape index (κ3) is 2.40. The second-order valence-corrected chi connectivity index (χ2v) is 7.24. The van der Waals surface area contributed by atoms with Crippen molar-refractivity contribution < 1.29 is 4.42 Å². The molecule has 0 atom stereocenters. The zero-order valence-corrected chi connectivity index (χ0v) is 16.3. The molecule has 30 heavy (non-hydrogen) atoms. The fraction of sp³-hybridized carbons (Fsp3) is 0.0909. The number of nitrogens with one attached hydrogen (secondary N) is 2. The number of hydrogen-bond acceptors (Lipinski definition) is 5. The summed E-state index contributed by atoms with van der Waals surface area (Å²) >= 11 is 0. The van der Waals surface area contributed by atoms with Gasteiger partial charge in [-0.05, 0) is 31.2 Å². The first kappa shape index (κ1) is 16.7. The van der Waals surface area contributed by atoms with Crippen molar-refractivity contribution in [3.05, 3.63) is 61.1 Å². The molecule has 0 bridgehead atoms. The predicted octanol–water partition coefficient (Wildman–Crippen LogP) is 4.47. The first-order chi connectivity index (χ1) is 14.7. The van der Waals surface area contributed by atoms with Gasteiger partial charge < -0.3 is 14.0 Å². The highest BCUT2D eigenvalue weighted by molar-refractivity contribution is 5.97. The lowest BCUT2D eigenvalue weighted by atomic mass is 10.1. The summed E-state index contributed by atoms with van der Waals surface area (Å²) in [7, 11) is 2.01. The van der Waals surface area contributed by atoms with Gasteiger partial charge in [-0.2, -0.15) is 5.10 Å². The lowest BCUT2D eigenvalue weighted by Crippen LogP contribution is -1.94. The standard InChI is InChI=1S/C22H17N7O/c1-12-24-10-18(29(12)2)13-3-4-17-16(9-13)20(28-27-17)22-25-19-15(14-6-8-30-11-14)5-7-23-21(19)26-22/h3-11H,1-2H3,(H,27,28)(H,23,25,26). The highest BCUT2D eigenvalue weighted by atomic mass is 16.3. The first-order valence-electron chi connectivity index (χ1n) is 9.53. The molecule has 0 fully saturated rings. The Balaban J connectivity index is 1.53. The van der Waals surface area contributed by atoms with Crippen LogP contribution < -0.4 is 0 Å². The van der Waals surface area contributed by atoms with Gasteiger partial charge in [0.2, 0.25) is 0 Å². The van der Waals surface area contributed by atoms with Crippen LogP contribution in [0.5, 0.6) is 0 Å². The van der Waals surface area contributed by atoms with Crippen LogP contribution in [0.1, 0.15) is 5.82 Å². The van der Waals surface area contributed by atoms with E-state index in [2.05, 4.69) is 41.8 Å². The molecule has 0 saturated carbocycles. The van der Waals surface area contributed by atoms with Gasteiger partial charge in [-0.1, -0.05) is 6.07 Å². The van der Waals surface area contributed by atoms with Crippen molar-refractivity contribution in [2.24, 2.45) is 7.05 Å². The lowest BCUT2D eigenvalue weighted by Gasteiger charge is -2.04. The van der Waals surface area contributed by atoms with Gasteiger partial charge in [-0.25, -0.2) is 15.0 Å². The smallest absolute Gasteiger partial charge is 0.160 e. The minimum Gasteiger partial charge on any atom is -0.472 e. The number of furan rings is 1. The second-order valence-electron chi connectivity index (χ2n) is 7.24. The molecule has 5 aromatic heterocycles. The minimum atomic E-state index is 0.665. The van der Waals surface area contributed by atoms with Crippen LogP contribution in [0, 0.1) is 6.92 Å². The van der Waals surface area contributed by atoms with Crippen molar-refractivity contribution in [1.29, 1.82) is 0 Å². The molecule has 0 radical (unpaired) electrons. The van der Waals surface area contributed by atoms with E-state index < -0.39 is 0 Å². The number of aromatic nitrogens is 7. The fourth-order valence-corrected chi connectivity index (χ4v) is 3.80. The van der Waals surface area contributed by atoms with Crippen LogP contribution in [0.3, 0.4) is 0 Å². The molecular weight excluding hydrogens is 378 g/mol. The molecule has 8 nitrogen and oxygen atoms in total. The second kappa shape index (κ2) is 6.15. The molecule has 8 heteroatoms. The maximum Gasteiger partial charge on any atom is 0.160 e. The van der Waals surface area contributed by atoms with Crippen LogP contribution in [0.4, 0.5) is 0 Å². The highest BCUT2D eigenvalue weighted by Gasteiger charge is 2.17. The topological polar surface area (TPSA) is 101 Å². The summed E-state index contributed by atoms with van der Waals surface area (Å²) in [5, 5.41) is 8.61. The number of hydrogen-bond donors (Lipinski definition) is 2. The molecule has 2 N–H and O–H groups in total. The lowest BCUT2D eigenvalue weighted by molar-refractivity contribution is 0.568. The largest absolute Gasteiger partial charge is 0.472 e. The fourth-order valence-electron chi connectivity index (χ4n) is 3.80. The average molecular weight is 395 g/mol. The van der Waals surface area contributed by atoms with Crippen LogP contribution in [-0.4, -0.2) is 34.7 Å². The monoisotopic (exact) mass is 395 g/mol. The van der Waals surface area contributed by atoms with E-state index in [0.717, 1.165) is 50.3 Å². The number of H-pyrrole nitrogens is 2. The number of imidazole rings is 2. The summed E-state index contributed by atoms with van der Waals surface area (Å²) in [5.74, 6) is 1.63. The summed E-state index contributed by atoms with van der Waals surface area (Å²) in [5.41, 5.74) is 7.22.